The minimum Gasteiger partial charge on any atom is -0.481 e. The molecule has 128 valence electrons. The van der Waals surface area contributed by atoms with Gasteiger partial charge in [-0.1, -0.05) is 12.1 Å². The highest BCUT2D eigenvalue weighted by Gasteiger charge is 2.20. The minimum atomic E-state index is -1.05. The van der Waals surface area contributed by atoms with Crippen molar-refractivity contribution in [3.05, 3.63) is 57.5 Å². The van der Waals surface area contributed by atoms with E-state index in [4.69, 9.17) is 0 Å². The van der Waals surface area contributed by atoms with E-state index in [1.165, 1.54) is 34.0 Å². The second-order valence-electron chi connectivity index (χ2n) is 5.61. The van der Waals surface area contributed by atoms with Gasteiger partial charge in [-0.3, -0.25) is 9.59 Å². The van der Waals surface area contributed by atoms with Crippen LogP contribution in [-0.2, 0) is 16.0 Å². The highest BCUT2D eigenvalue weighted by Crippen LogP contribution is 2.18. The van der Waals surface area contributed by atoms with Crippen LogP contribution in [0.1, 0.15) is 34.1 Å². The molecule has 2 rings (SSSR count). The lowest BCUT2D eigenvalue weighted by Crippen LogP contribution is -2.31. The average molecular weight is 349 g/mol. The number of rotatable bonds is 8. The number of halogens is 1. The summed E-state index contributed by atoms with van der Waals surface area (Å²) >= 11 is 1.72. The molecule has 1 aromatic heterocycles. The molecule has 0 radical (unpaired) electrons. The van der Waals surface area contributed by atoms with Crippen LogP contribution in [0.3, 0.4) is 0 Å². The fourth-order valence-electron chi connectivity index (χ4n) is 2.39. The van der Waals surface area contributed by atoms with E-state index in [0.717, 1.165) is 12.8 Å². The molecule has 0 saturated heterocycles. The van der Waals surface area contributed by atoms with E-state index in [1.54, 1.807) is 11.3 Å². The third-order valence-electron chi connectivity index (χ3n) is 3.70. The summed E-state index contributed by atoms with van der Waals surface area (Å²) < 4.78 is 12.9. The zero-order chi connectivity index (χ0) is 17.5. The Balaban J connectivity index is 1.79. The van der Waals surface area contributed by atoms with Crippen molar-refractivity contribution in [1.29, 1.82) is 0 Å². The maximum absolute atomic E-state index is 12.9. The van der Waals surface area contributed by atoms with Crippen molar-refractivity contribution in [2.45, 2.75) is 32.1 Å². The van der Waals surface area contributed by atoms with Crippen molar-refractivity contribution >= 4 is 23.2 Å². The van der Waals surface area contributed by atoms with Crippen molar-refractivity contribution in [1.82, 2.24) is 5.32 Å². The van der Waals surface area contributed by atoms with E-state index in [2.05, 4.69) is 17.4 Å². The number of hydrogen-bond donors (Lipinski definition) is 2. The SMILES string of the molecule is Cc1ccc(CCCC(=O)NCC(C(=O)O)c2ccc(F)cc2)s1. The molecule has 24 heavy (non-hydrogen) atoms. The van der Waals surface area contributed by atoms with Crippen LogP contribution in [0.2, 0.25) is 0 Å². The summed E-state index contributed by atoms with van der Waals surface area (Å²) in [4.78, 5) is 25.7. The lowest BCUT2D eigenvalue weighted by Gasteiger charge is -2.14. The molecule has 0 saturated carbocycles. The Morgan fingerprint density at radius 2 is 1.92 bits per heavy atom. The Morgan fingerprint density at radius 1 is 1.21 bits per heavy atom. The molecule has 0 fully saturated rings. The molecule has 0 spiro atoms. The number of amides is 1. The lowest BCUT2D eigenvalue weighted by molar-refractivity contribution is -0.138. The van der Waals surface area contributed by atoms with Crippen LogP contribution in [0.5, 0.6) is 0 Å². The molecule has 2 N–H and O–H groups in total. The first-order valence-corrected chi connectivity index (χ1v) is 8.57. The van der Waals surface area contributed by atoms with Gasteiger partial charge in [0.05, 0.1) is 5.92 Å². The smallest absolute Gasteiger partial charge is 0.312 e. The van der Waals surface area contributed by atoms with Crippen LogP contribution < -0.4 is 5.32 Å². The van der Waals surface area contributed by atoms with E-state index >= 15 is 0 Å². The molecular formula is C18H20FNO3S. The summed E-state index contributed by atoms with van der Waals surface area (Å²) in [6, 6.07) is 9.41. The van der Waals surface area contributed by atoms with Gasteiger partial charge < -0.3 is 10.4 Å². The maximum Gasteiger partial charge on any atom is 0.312 e. The van der Waals surface area contributed by atoms with Gasteiger partial charge in [0.1, 0.15) is 5.82 Å². The van der Waals surface area contributed by atoms with Crippen molar-refractivity contribution < 1.29 is 19.1 Å². The van der Waals surface area contributed by atoms with E-state index in [9.17, 15) is 19.1 Å². The maximum atomic E-state index is 12.9. The topological polar surface area (TPSA) is 66.4 Å². The summed E-state index contributed by atoms with van der Waals surface area (Å²) in [6.07, 6.45) is 1.92. The van der Waals surface area contributed by atoms with Crippen LogP contribution >= 0.6 is 11.3 Å². The number of carboxylic acid groups (broad SMARTS) is 1. The zero-order valence-corrected chi connectivity index (χ0v) is 14.2. The summed E-state index contributed by atoms with van der Waals surface area (Å²) in [5, 5.41) is 12.0. The lowest BCUT2D eigenvalue weighted by atomic mass is 9.99. The Labute approximate surface area is 144 Å². The van der Waals surface area contributed by atoms with Gasteiger partial charge in [-0.2, -0.15) is 0 Å². The molecule has 4 nitrogen and oxygen atoms in total. The first-order chi connectivity index (χ1) is 11.5. The predicted molar refractivity (Wildman–Crippen MR) is 91.8 cm³/mol. The molecule has 1 unspecified atom stereocenters. The number of carbonyl (C=O) groups excluding carboxylic acids is 1. The molecule has 0 aliphatic rings. The molecule has 1 aromatic carbocycles. The van der Waals surface area contributed by atoms with Crippen molar-refractivity contribution in [3.63, 3.8) is 0 Å². The molecular weight excluding hydrogens is 329 g/mol. The van der Waals surface area contributed by atoms with Gasteiger partial charge in [0, 0.05) is 22.7 Å². The van der Waals surface area contributed by atoms with Crippen molar-refractivity contribution in [3.8, 4) is 0 Å². The van der Waals surface area contributed by atoms with Crippen LogP contribution in [-0.4, -0.2) is 23.5 Å². The van der Waals surface area contributed by atoms with Gasteiger partial charge >= 0.3 is 5.97 Å². The fourth-order valence-corrected chi connectivity index (χ4v) is 3.32. The number of aryl methyl sites for hydroxylation is 2. The van der Waals surface area contributed by atoms with E-state index in [-0.39, 0.29) is 12.5 Å². The Morgan fingerprint density at radius 3 is 2.50 bits per heavy atom. The van der Waals surface area contributed by atoms with Crippen LogP contribution in [0, 0.1) is 12.7 Å². The molecule has 0 aliphatic carbocycles. The second-order valence-corrected chi connectivity index (χ2v) is 6.98. The third-order valence-corrected chi connectivity index (χ3v) is 4.76. The Kier molecular flexibility index (Phi) is 6.49. The molecule has 1 heterocycles. The monoisotopic (exact) mass is 349 g/mol. The number of carbonyl (C=O) groups is 2. The molecule has 0 bridgehead atoms. The molecule has 1 amide bonds. The van der Waals surface area contributed by atoms with Gasteiger partial charge in [-0.25, -0.2) is 4.39 Å². The first kappa shape index (κ1) is 18.1. The van der Waals surface area contributed by atoms with Crippen molar-refractivity contribution in [2.75, 3.05) is 6.54 Å². The fraction of sp³-hybridized carbons (Fsp3) is 0.333. The normalized spacial score (nSPS) is 11.9. The predicted octanol–water partition coefficient (Wildman–Crippen LogP) is 3.50. The highest BCUT2D eigenvalue weighted by atomic mass is 32.1. The molecule has 2 aromatic rings. The Hall–Kier alpha value is -2.21. The quantitative estimate of drug-likeness (QED) is 0.766. The van der Waals surface area contributed by atoms with Crippen LogP contribution in [0.15, 0.2) is 36.4 Å². The second kappa shape index (κ2) is 8.59. The van der Waals surface area contributed by atoms with Gasteiger partial charge in [0.2, 0.25) is 5.91 Å². The standard InChI is InChI=1S/C18H20FNO3S/c1-12-5-10-15(24-12)3-2-4-17(21)20-11-16(18(22)23)13-6-8-14(19)9-7-13/h5-10,16H,2-4,11H2,1H3,(H,20,21)(H,22,23). The van der Waals surface area contributed by atoms with Crippen LogP contribution in [0.25, 0.3) is 0 Å². The molecule has 0 aliphatic heterocycles. The highest BCUT2D eigenvalue weighted by molar-refractivity contribution is 7.11. The van der Waals surface area contributed by atoms with E-state index < -0.39 is 17.7 Å². The summed E-state index contributed by atoms with van der Waals surface area (Å²) in [7, 11) is 0. The van der Waals surface area contributed by atoms with Gasteiger partial charge in [0.25, 0.3) is 0 Å². The Bertz CT molecular complexity index is 697. The van der Waals surface area contributed by atoms with Crippen molar-refractivity contribution in [2.24, 2.45) is 0 Å². The third kappa shape index (κ3) is 5.45. The van der Waals surface area contributed by atoms with E-state index in [0.29, 0.717) is 12.0 Å². The van der Waals surface area contributed by atoms with Gasteiger partial charge in [-0.05, 0) is 49.6 Å². The summed E-state index contributed by atoms with van der Waals surface area (Å²) in [6.45, 7) is 2.04. The largest absolute Gasteiger partial charge is 0.481 e. The zero-order valence-electron chi connectivity index (χ0n) is 13.4. The number of hydrogen-bond acceptors (Lipinski definition) is 3. The first-order valence-electron chi connectivity index (χ1n) is 7.76. The number of aliphatic carboxylic acids is 1. The van der Waals surface area contributed by atoms with Gasteiger partial charge in [0.15, 0.2) is 0 Å². The van der Waals surface area contributed by atoms with E-state index in [1.807, 2.05) is 6.92 Å². The average Bonchev–Trinajstić information content (AvgIpc) is 2.94. The minimum absolute atomic E-state index is 0.00207. The molecule has 1 atom stereocenters. The van der Waals surface area contributed by atoms with Crippen LogP contribution in [0.4, 0.5) is 4.39 Å². The number of carboxylic acids is 1. The number of thiophene rings is 1. The van der Waals surface area contributed by atoms with Gasteiger partial charge in [-0.15, -0.1) is 11.3 Å². The summed E-state index contributed by atoms with van der Waals surface area (Å²) in [5.74, 6) is -2.52. The summed E-state index contributed by atoms with van der Waals surface area (Å²) in [5.41, 5.74) is 0.471. The number of benzene rings is 1. The number of nitrogens with one attached hydrogen (secondary N) is 1. The molecule has 6 heteroatoms.